The lowest BCUT2D eigenvalue weighted by molar-refractivity contribution is -0.143. The molecule has 0 fully saturated rings. The summed E-state index contributed by atoms with van der Waals surface area (Å²) in [4.78, 5) is 11.4. The van der Waals surface area contributed by atoms with Crippen LogP contribution in [-0.2, 0) is 16.0 Å². The summed E-state index contributed by atoms with van der Waals surface area (Å²) in [5, 5.41) is 9.28. The monoisotopic (exact) mass is 243 g/mol. The van der Waals surface area contributed by atoms with Gasteiger partial charge in [0.1, 0.15) is 0 Å². The summed E-state index contributed by atoms with van der Waals surface area (Å²) in [6.07, 6.45) is 3.59. The molecule has 2 rings (SSSR count). The average molecular weight is 243 g/mol. The van der Waals surface area contributed by atoms with Crippen LogP contribution < -0.4 is 0 Å². The van der Waals surface area contributed by atoms with E-state index in [1.807, 2.05) is 18.2 Å². The minimum Gasteiger partial charge on any atom is -0.466 e. The Bertz CT molecular complexity index is 462. The minimum atomic E-state index is -0.122. The molecule has 1 aromatic carbocycles. The number of cyclic esters (lactones) is 1. The van der Waals surface area contributed by atoms with Crippen molar-refractivity contribution in [3.63, 3.8) is 0 Å². The fourth-order valence-electron chi connectivity index (χ4n) is 2.36. The Hall–Kier alpha value is -1.82. The predicted octanol–water partition coefficient (Wildman–Crippen LogP) is 2.95. The van der Waals surface area contributed by atoms with Crippen molar-refractivity contribution >= 4 is 5.97 Å². The molecule has 0 N–H and O–H groups in total. The molecule has 1 heterocycles. The fraction of sp³-hybridized carbons (Fsp3) is 0.467. The zero-order chi connectivity index (χ0) is 12.8. The molecule has 1 aromatic rings. The Labute approximate surface area is 107 Å². The van der Waals surface area contributed by atoms with E-state index in [0.29, 0.717) is 13.0 Å². The molecule has 0 saturated heterocycles. The SMILES string of the molecule is N#CC1CCCOC(=O)CCCc2ccccc21. The first-order valence-electron chi connectivity index (χ1n) is 6.44. The second-order valence-electron chi connectivity index (χ2n) is 4.60. The molecule has 1 unspecified atom stereocenters. The zero-order valence-electron chi connectivity index (χ0n) is 10.4. The van der Waals surface area contributed by atoms with Gasteiger partial charge in [-0.15, -0.1) is 0 Å². The van der Waals surface area contributed by atoms with Gasteiger partial charge >= 0.3 is 5.97 Å². The van der Waals surface area contributed by atoms with Gasteiger partial charge in [0.25, 0.3) is 0 Å². The van der Waals surface area contributed by atoms with E-state index in [0.717, 1.165) is 31.2 Å². The van der Waals surface area contributed by atoms with Gasteiger partial charge in [-0.3, -0.25) is 4.79 Å². The number of esters is 1. The van der Waals surface area contributed by atoms with Crippen molar-refractivity contribution in [2.75, 3.05) is 6.61 Å². The first-order valence-corrected chi connectivity index (χ1v) is 6.44. The van der Waals surface area contributed by atoms with Crippen molar-refractivity contribution in [3.05, 3.63) is 35.4 Å². The van der Waals surface area contributed by atoms with Crippen LogP contribution in [0.15, 0.2) is 24.3 Å². The number of rotatable bonds is 0. The van der Waals surface area contributed by atoms with Crippen molar-refractivity contribution in [1.29, 1.82) is 5.26 Å². The lowest BCUT2D eigenvalue weighted by atomic mass is 9.90. The molecule has 94 valence electrons. The molecule has 0 radical (unpaired) electrons. The van der Waals surface area contributed by atoms with Crippen LogP contribution in [0.4, 0.5) is 0 Å². The van der Waals surface area contributed by atoms with Crippen LogP contribution in [0.3, 0.4) is 0 Å². The number of nitriles is 1. The fourth-order valence-corrected chi connectivity index (χ4v) is 2.36. The molecule has 18 heavy (non-hydrogen) atoms. The average Bonchev–Trinajstić information content (AvgIpc) is 2.42. The normalized spacial score (nSPS) is 21.1. The minimum absolute atomic E-state index is 0.0852. The van der Waals surface area contributed by atoms with Gasteiger partial charge < -0.3 is 4.74 Å². The summed E-state index contributed by atoms with van der Waals surface area (Å²) in [7, 11) is 0. The third kappa shape index (κ3) is 3.10. The van der Waals surface area contributed by atoms with Gasteiger partial charge in [-0.2, -0.15) is 5.26 Å². The van der Waals surface area contributed by atoms with Crippen molar-refractivity contribution in [2.45, 2.75) is 38.0 Å². The van der Waals surface area contributed by atoms with Gasteiger partial charge in [0.05, 0.1) is 18.6 Å². The highest BCUT2D eigenvalue weighted by Crippen LogP contribution is 2.26. The first kappa shape index (κ1) is 12.6. The van der Waals surface area contributed by atoms with E-state index in [9.17, 15) is 10.1 Å². The largest absolute Gasteiger partial charge is 0.466 e. The van der Waals surface area contributed by atoms with Crippen molar-refractivity contribution in [1.82, 2.24) is 0 Å². The number of carbonyl (C=O) groups is 1. The van der Waals surface area contributed by atoms with Crippen LogP contribution >= 0.6 is 0 Å². The highest BCUT2D eigenvalue weighted by molar-refractivity contribution is 5.69. The van der Waals surface area contributed by atoms with E-state index in [1.165, 1.54) is 5.56 Å². The smallest absolute Gasteiger partial charge is 0.305 e. The molecular formula is C15H17NO2. The Morgan fingerprint density at radius 1 is 1.22 bits per heavy atom. The number of carbonyl (C=O) groups excluding carboxylic acids is 1. The van der Waals surface area contributed by atoms with Crippen molar-refractivity contribution in [3.8, 4) is 6.07 Å². The second-order valence-corrected chi connectivity index (χ2v) is 4.60. The molecule has 3 nitrogen and oxygen atoms in total. The quantitative estimate of drug-likeness (QED) is 0.658. The third-order valence-electron chi connectivity index (χ3n) is 3.31. The van der Waals surface area contributed by atoms with Crippen LogP contribution in [0.5, 0.6) is 0 Å². The van der Waals surface area contributed by atoms with E-state index in [1.54, 1.807) is 0 Å². The van der Waals surface area contributed by atoms with Crippen LogP contribution in [-0.4, -0.2) is 12.6 Å². The number of fused-ring (bicyclic) bond motifs is 1. The summed E-state index contributed by atoms with van der Waals surface area (Å²) in [6.45, 7) is 0.430. The maximum atomic E-state index is 11.4. The third-order valence-corrected chi connectivity index (χ3v) is 3.31. The number of benzene rings is 1. The van der Waals surface area contributed by atoms with Gasteiger partial charge in [-0.25, -0.2) is 0 Å². The van der Waals surface area contributed by atoms with E-state index >= 15 is 0 Å². The Morgan fingerprint density at radius 2 is 2.06 bits per heavy atom. The highest BCUT2D eigenvalue weighted by atomic mass is 16.5. The zero-order valence-corrected chi connectivity index (χ0v) is 10.4. The molecule has 1 atom stereocenters. The number of hydrogen-bond donors (Lipinski definition) is 0. The molecule has 0 amide bonds. The Kier molecular flexibility index (Phi) is 4.35. The summed E-state index contributed by atoms with van der Waals surface area (Å²) in [5.74, 6) is -0.208. The van der Waals surface area contributed by atoms with E-state index < -0.39 is 0 Å². The number of ether oxygens (including phenoxy) is 1. The molecule has 0 spiro atoms. The van der Waals surface area contributed by atoms with E-state index in [2.05, 4.69) is 12.1 Å². The van der Waals surface area contributed by atoms with Gasteiger partial charge in [-0.05, 0) is 36.8 Å². The van der Waals surface area contributed by atoms with E-state index in [-0.39, 0.29) is 11.9 Å². The molecule has 0 bridgehead atoms. The van der Waals surface area contributed by atoms with Crippen LogP contribution in [0.25, 0.3) is 0 Å². The molecule has 0 saturated carbocycles. The van der Waals surface area contributed by atoms with E-state index in [4.69, 9.17) is 4.74 Å². The van der Waals surface area contributed by atoms with Crippen molar-refractivity contribution < 1.29 is 9.53 Å². The number of aryl methyl sites for hydroxylation is 1. The molecule has 0 aliphatic carbocycles. The van der Waals surface area contributed by atoms with Gasteiger partial charge in [-0.1, -0.05) is 24.3 Å². The molecule has 1 aliphatic rings. The summed E-state index contributed by atoms with van der Waals surface area (Å²) >= 11 is 0. The summed E-state index contributed by atoms with van der Waals surface area (Å²) in [5.41, 5.74) is 2.31. The summed E-state index contributed by atoms with van der Waals surface area (Å²) < 4.78 is 5.12. The lowest BCUT2D eigenvalue weighted by Gasteiger charge is -2.13. The predicted molar refractivity (Wildman–Crippen MR) is 67.9 cm³/mol. The number of nitrogens with zero attached hydrogens (tertiary/aromatic N) is 1. The summed E-state index contributed by atoms with van der Waals surface area (Å²) in [6, 6.07) is 10.4. The standard InChI is InChI=1S/C15H17NO2/c16-11-13-7-4-10-18-15(17)9-3-6-12-5-1-2-8-14(12)13/h1-2,5,8,13H,3-4,6-7,9-10H2. The molecular weight excluding hydrogens is 226 g/mol. The second kappa shape index (κ2) is 6.20. The van der Waals surface area contributed by atoms with Crippen molar-refractivity contribution in [2.24, 2.45) is 0 Å². The Morgan fingerprint density at radius 3 is 2.89 bits per heavy atom. The molecule has 1 aliphatic heterocycles. The molecule has 0 aromatic heterocycles. The Balaban J connectivity index is 2.23. The maximum Gasteiger partial charge on any atom is 0.305 e. The first-order chi connectivity index (χ1) is 8.81. The topological polar surface area (TPSA) is 50.1 Å². The maximum absolute atomic E-state index is 11.4. The molecule has 3 heteroatoms. The van der Waals surface area contributed by atoms with Gasteiger partial charge in [0.2, 0.25) is 0 Å². The van der Waals surface area contributed by atoms with Gasteiger partial charge in [0, 0.05) is 6.42 Å². The lowest BCUT2D eigenvalue weighted by Crippen LogP contribution is -2.05. The highest BCUT2D eigenvalue weighted by Gasteiger charge is 2.16. The van der Waals surface area contributed by atoms with Crippen LogP contribution in [0.2, 0.25) is 0 Å². The van der Waals surface area contributed by atoms with Crippen LogP contribution in [0, 0.1) is 11.3 Å². The van der Waals surface area contributed by atoms with Gasteiger partial charge in [0.15, 0.2) is 0 Å². The number of hydrogen-bond acceptors (Lipinski definition) is 3. The van der Waals surface area contributed by atoms with Crippen LogP contribution in [0.1, 0.15) is 42.7 Å².